The summed E-state index contributed by atoms with van der Waals surface area (Å²) < 4.78 is 7.26. The minimum Gasteiger partial charge on any atom is -0.309 e. The molecule has 0 saturated heterocycles. The molecule has 5 nitrogen and oxygen atoms in total. The van der Waals surface area contributed by atoms with Crippen molar-refractivity contribution in [2.75, 3.05) is 0 Å². The minimum atomic E-state index is 0.656. The van der Waals surface area contributed by atoms with Crippen molar-refractivity contribution in [3.63, 3.8) is 0 Å². The van der Waals surface area contributed by atoms with Gasteiger partial charge in [0.15, 0.2) is 17.5 Å². The van der Waals surface area contributed by atoms with Gasteiger partial charge in [-0.2, -0.15) is 0 Å². The maximum atomic E-state index is 5.13. The monoisotopic (exact) mass is 821 g/mol. The molecular weight excluding hydrogens is 787 g/mol. The van der Waals surface area contributed by atoms with E-state index in [1.807, 2.05) is 47.7 Å². The standard InChI is InChI=1S/C57H35N5S/c1-5-17-36(18-6-1)55-58-56(37-19-7-2-8-20-37)60-57(59-55)46-29-16-28-44-43-27-15-26-41(53(43)63-54(44)46)38-31-33-49-47(35-38)42-32-34-50-51(52(42)62(49)40-23-11-4-12-24-40)45-25-13-14-30-48(45)61(50)39-21-9-3-10-22-39/h1-35H. The molecule has 4 heterocycles. The molecule has 0 aliphatic carbocycles. The molecule has 0 fully saturated rings. The van der Waals surface area contributed by atoms with Gasteiger partial charge in [-0.15, -0.1) is 11.3 Å². The van der Waals surface area contributed by atoms with Gasteiger partial charge in [0.25, 0.3) is 0 Å². The van der Waals surface area contributed by atoms with E-state index in [4.69, 9.17) is 15.0 Å². The van der Waals surface area contributed by atoms with Gasteiger partial charge in [-0.05, 0) is 65.7 Å². The quantitative estimate of drug-likeness (QED) is 0.168. The topological polar surface area (TPSA) is 48.5 Å². The molecule has 0 amide bonds. The van der Waals surface area contributed by atoms with Crippen molar-refractivity contribution in [3.8, 4) is 56.7 Å². The van der Waals surface area contributed by atoms with Gasteiger partial charge in [-0.3, -0.25) is 0 Å². The van der Waals surface area contributed by atoms with Gasteiger partial charge in [0.2, 0.25) is 0 Å². The van der Waals surface area contributed by atoms with Gasteiger partial charge in [0, 0.05) is 69.8 Å². The molecule has 0 radical (unpaired) electrons. The van der Waals surface area contributed by atoms with E-state index in [0.29, 0.717) is 17.5 Å². The summed E-state index contributed by atoms with van der Waals surface area (Å²) in [5.41, 5.74) is 12.3. The normalized spacial score (nSPS) is 11.8. The molecule has 0 aliphatic heterocycles. The fraction of sp³-hybridized carbons (Fsp3) is 0. The molecule has 63 heavy (non-hydrogen) atoms. The zero-order valence-corrected chi connectivity index (χ0v) is 34.7. The summed E-state index contributed by atoms with van der Waals surface area (Å²) in [7, 11) is 0. The molecule has 6 heteroatoms. The predicted molar refractivity (Wildman–Crippen MR) is 263 cm³/mol. The lowest BCUT2D eigenvalue weighted by Crippen LogP contribution is -2.00. The van der Waals surface area contributed by atoms with Gasteiger partial charge in [0.1, 0.15) is 0 Å². The fourth-order valence-electron chi connectivity index (χ4n) is 9.58. The highest BCUT2D eigenvalue weighted by molar-refractivity contribution is 7.26. The molecule has 9 aromatic carbocycles. The largest absolute Gasteiger partial charge is 0.309 e. The summed E-state index contributed by atoms with van der Waals surface area (Å²) >= 11 is 1.81. The summed E-state index contributed by atoms with van der Waals surface area (Å²) in [5, 5.41) is 7.34. The Morgan fingerprint density at radius 3 is 1.49 bits per heavy atom. The second-order valence-corrected chi connectivity index (χ2v) is 17.0. The van der Waals surface area contributed by atoms with Crippen molar-refractivity contribution in [1.82, 2.24) is 24.1 Å². The Hall–Kier alpha value is -8.19. The number of hydrogen-bond donors (Lipinski definition) is 0. The van der Waals surface area contributed by atoms with Gasteiger partial charge in [0.05, 0.1) is 22.1 Å². The van der Waals surface area contributed by atoms with E-state index in [-0.39, 0.29) is 0 Å². The van der Waals surface area contributed by atoms with Crippen LogP contribution in [-0.4, -0.2) is 24.1 Å². The average molecular weight is 822 g/mol. The maximum Gasteiger partial charge on any atom is 0.165 e. The number of hydrogen-bond acceptors (Lipinski definition) is 4. The SMILES string of the molecule is c1ccc(-c2nc(-c3ccccc3)nc(-c3cccc4c3sc3c(-c5ccc6c(c5)c5ccc7c(c8ccccc8n7-c7ccccc7)c5n6-c5ccccc5)cccc34)n2)cc1. The van der Waals surface area contributed by atoms with Crippen LogP contribution in [0.5, 0.6) is 0 Å². The summed E-state index contributed by atoms with van der Waals surface area (Å²) in [6.07, 6.45) is 0. The number of para-hydroxylation sites is 3. The van der Waals surface area contributed by atoms with Crippen LogP contribution in [0.1, 0.15) is 0 Å². The number of rotatable bonds is 6. The Balaban J connectivity index is 1.04. The van der Waals surface area contributed by atoms with Crippen molar-refractivity contribution < 1.29 is 0 Å². The Bertz CT molecular complexity index is 3830. The molecule has 0 spiro atoms. The summed E-state index contributed by atoms with van der Waals surface area (Å²) in [5.74, 6) is 1.97. The van der Waals surface area contributed by atoms with Crippen molar-refractivity contribution in [2.45, 2.75) is 0 Å². The first kappa shape index (κ1) is 35.6. The lowest BCUT2D eigenvalue weighted by Gasteiger charge is -2.10. The third-order valence-electron chi connectivity index (χ3n) is 12.4. The van der Waals surface area contributed by atoms with Crippen molar-refractivity contribution in [3.05, 3.63) is 212 Å². The number of aromatic nitrogens is 5. The molecule has 0 unspecified atom stereocenters. The number of thiophene rings is 1. The highest BCUT2D eigenvalue weighted by Gasteiger charge is 2.23. The molecule has 0 atom stereocenters. The van der Waals surface area contributed by atoms with Crippen molar-refractivity contribution in [1.29, 1.82) is 0 Å². The molecule has 294 valence electrons. The number of fused-ring (bicyclic) bond motifs is 10. The summed E-state index contributed by atoms with van der Waals surface area (Å²) in [6.45, 7) is 0. The van der Waals surface area contributed by atoms with Crippen LogP contribution in [0.2, 0.25) is 0 Å². The van der Waals surface area contributed by atoms with E-state index in [1.54, 1.807) is 0 Å². The van der Waals surface area contributed by atoms with Crippen LogP contribution in [0.15, 0.2) is 212 Å². The first-order chi connectivity index (χ1) is 31.3. The van der Waals surface area contributed by atoms with Gasteiger partial charge < -0.3 is 9.13 Å². The van der Waals surface area contributed by atoms with E-state index in [0.717, 1.165) is 32.8 Å². The molecule has 0 aliphatic rings. The number of benzene rings is 9. The van der Waals surface area contributed by atoms with Crippen molar-refractivity contribution in [2.24, 2.45) is 0 Å². The highest BCUT2D eigenvalue weighted by atomic mass is 32.1. The summed E-state index contributed by atoms with van der Waals surface area (Å²) in [4.78, 5) is 15.2. The van der Waals surface area contributed by atoms with E-state index in [9.17, 15) is 0 Å². The zero-order chi connectivity index (χ0) is 41.4. The highest BCUT2D eigenvalue weighted by Crippen LogP contribution is 2.46. The molecular formula is C57H35N5S. The maximum absolute atomic E-state index is 5.13. The lowest BCUT2D eigenvalue weighted by atomic mass is 10.00. The Kier molecular flexibility index (Phi) is 8.01. The van der Waals surface area contributed by atoms with E-state index < -0.39 is 0 Å². The second-order valence-electron chi connectivity index (χ2n) is 16.0. The minimum absolute atomic E-state index is 0.656. The second kappa shape index (κ2) is 14.2. The van der Waals surface area contributed by atoms with Gasteiger partial charge in [-0.1, -0.05) is 158 Å². The van der Waals surface area contributed by atoms with E-state index in [2.05, 4.69) is 185 Å². The average Bonchev–Trinajstić information content (AvgIpc) is 4.02. The van der Waals surface area contributed by atoms with Crippen LogP contribution < -0.4 is 0 Å². The lowest BCUT2D eigenvalue weighted by molar-refractivity contribution is 1.08. The van der Waals surface area contributed by atoms with E-state index >= 15 is 0 Å². The van der Waals surface area contributed by atoms with Crippen LogP contribution in [0.3, 0.4) is 0 Å². The molecule has 0 N–H and O–H groups in total. The third-order valence-corrected chi connectivity index (χ3v) is 13.7. The third kappa shape index (κ3) is 5.59. The molecule has 4 aromatic heterocycles. The van der Waals surface area contributed by atoms with Crippen molar-refractivity contribution >= 4 is 75.1 Å². The Morgan fingerprint density at radius 1 is 0.317 bits per heavy atom. The van der Waals surface area contributed by atoms with Crippen LogP contribution in [-0.2, 0) is 0 Å². The smallest absolute Gasteiger partial charge is 0.165 e. The van der Waals surface area contributed by atoms with Gasteiger partial charge in [-0.25, -0.2) is 15.0 Å². The first-order valence-corrected chi connectivity index (χ1v) is 22.0. The molecule has 0 bridgehead atoms. The van der Waals surface area contributed by atoms with Crippen LogP contribution in [0, 0.1) is 0 Å². The summed E-state index contributed by atoms with van der Waals surface area (Å²) in [6, 6.07) is 75.5. The predicted octanol–water partition coefficient (Wildman–Crippen LogP) is 15.1. The van der Waals surface area contributed by atoms with Crippen LogP contribution in [0.4, 0.5) is 0 Å². The molecule has 13 rings (SSSR count). The van der Waals surface area contributed by atoms with Crippen LogP contribution >= 0.6 is 11.3 Å². The molecule has 0 saturated carbocycles. The number of nitrogens with zero attached hydrogens (tertiary/aromatic N) is 5. The first-order valence-electron chi connectivity index (χ1n) is 21.2. The van der Waals surface area contributed by atoms with Gasteiger partial charge >= 0.3 is 0 Å². The van der Waals surface area contributed by atoms with Crippen LogP contribution in [0.25, 0.3) is 120 Å². The Morgan fingerprint density at radius 2 is 0.825 bits per heavy atom. The zero-order valence-electron chi connectivity index (χ0n) is 33.9. The Labute approximate surface area is 366 Å². The fourth-order valence-corrected chi connectivity index (χ4v) is 10.9. The molecule has 13 aromatic rings. The van der Waals surface area contributed by atoms with E-state index in [1.165, 1.54) is 70.2 Å².